The molecule has 0 fully saturated rings. The van der Waals surface area contributed by atoms with Gasteiger partial charge in [-0.15, -0.1) is 0 Å². The standard InChI is InChI=1S/C22H27N5O/c1-22(2,3)19-15-20(27(5)25-19)26(4)21(28)24-18-8-6-16(7-9-18)14-17-10-12-23-13-11-17/h6-13,15H,14H2,1-5H3,(H,24,28). The third kappa shape index (κ3) is 4.57. The van der Waals surface area contributed by atoms with Crippen molar-refractivity contribution < 1.29 is 4.79 Å². The molecule has 2 heterocycles. The maximum Gasteiger partial charge on any atom is 0.327 e. The number of benzene rings is 1. The Morgan fingerprint density at radius 1 is 1.07 bits per heavy atom. The second-order valence-corrected chi connectivity index (χ2v) is 7.98. The molecule has 0 bridgehead atoms. The fourth-order valence-corrected chi connectivity index (χ4v) is 2.89. The van der Waals surface area contributed by atoms with Crippen LogP contribution in [0, 0.1) is 0 Å². The van der Waals surface area contributed by atoms with Gasteiger partial charge in [0.2, 0.25) is 0 Å². The third-order valence-electron chi connectivity index (χ3n) is 4.63. The molecule has 0 atom stereocenters. The summed E-state index contributed by atoms with van der Waals surface area (Å²) in [7, 11) is 3.60. The predicted octanol–water partition coefficient (Wildman–Crippen LogP) is 4.37. The molecule has 2 aromatic heterocycles. The van der Waals surface area contributed by atoms with Crippen LogP contribution in [0.3, 0.4) is 0 Å². The number of nitrogens with one attached hydrogen (secondary N) is 1. The van der Waals surface area contributed by atoms with Crippen molar-refractivity contribution >= 4 is 17.5 Å². The molecule has 1 aromatic carbocycles. The van der Waals surface area contributed by atoms with Gasteiger partial charge in [-0.05, 0) is 41.8 Å². The van der Waals surface area contributed by atoms with Crippen LogP contribution in [0.2, 0.25) is 0 Å². The zero-order valence-electron chi connectivity index (χ0n) is 17.1. The van der Waals surface area contributed by atoms with Crippen LogP contribution in [0.1, 0.15) is 37.6 Å². The molecule has 0 aliphatic carbocycles. The number of anilines is 2. The number of aromatic nitrogens is 3. The van der Waals surface area contributed by atoms with Gasteiger partial charge in [0.25, 0.3) is 0 Å². The summed E-state index contributed by atoms with van der Waals surface area (Å²) in [5.41, 5.74) is 4.02. The number of amides is 2. The van der Waals surface area contributed by atoms with Gasteiger partial charge in [-0.3, -0.25) is 14.6 Å². The molecule has 0 saturated carbocycles. The number of hydrogen-bond donors (Lipinski definition) is 1. The van der Waals surface area contributed by atoms with E-state index in [0.717, 1.165) is 23.6 Å². The lowest BCUT2D eigenvalue weighted by Crippen LogP contribution is -2.32. The van der Waals surface area contributed by atoms with Crippen molar-refractivity contribution in [2.75, 3.05) is 17.3 Å². The van der Waals surface area contributed by atoms with E-state index in [-0.39, 0.29) is 11.4 Å². The molecule has 0 aliphatic rings. The zero-order valence-corrected chi connectivity index (χ0v) is 17.1. The fraction of sp³-hybridized carbons (Fsp3) is 0.318. The highest BCUT2D eigenvalue weighted by Crippen LogP contribution is 2.25. The number of pyridine rings is 1. The van der Waals surface area contributed by atoms with Crippen LogP contribution in [-0.4, -0.2) is 27.8 Å². The highest BCUT2D eigenvalue weighted by atomic mass is 16.2. The van der Waals surface area contributed by atoms with Gasteiger partial charge in [-0.25, -0.2) is 4.79 Å². The van der Waals surface area contributed by atoms with E-state index in [9.17, 15) is 4.79 Å². The van der Waals surface area contributed by atoms with E-state index in [1.165, 1.54) is 11.1 Å². The second kappa shape index (κ2) is 7.84. The van der Waals surface area contributed by atoms with E-state index in [1.54, 1.807) is 29.0 Å². The second-order valence-electron chi connectivity index (χ2n) is 7.98. The number of hydrogen-bond acceptors (Lipinski definition) is 3. The average molecular weight is 377 g/mol. The van der Waals surface area contributed by atoms with Crippen LogP contribution in [0.15, 0.2) is 54.9 Å². The Labute approximate surface area is 166 Å². The van der Waals surface area contributed by atoms with Crippen molar-refractivity contribution in [3.63, 3.8) is 0 Å². The summed E-state index contributed by atoms with van der Waals surface area (Å²) in [4.78, 5) is 18.3. The summed E-state index contributed by atoms with van der Waals surface area (Å²) < 4.78 is 1.73. The Bertz CT molecular complexity index is 939. The quantitative estimate of drug-likeness (QED) is 0.734. The first-order valence-electron chi connectivity index (χ1n) is 9.31. The van der Waals surface area contributed by atoms with E-state index < -0.39 is 0 Å². The van der Waals surface area contributed by atoms with Crippen LogP contribution >= 0.6 is 0 Å². The summed E-state index contributed by atoms with van der Waals surface area (Å²) in [5.74, 6) is 0.747. The minimum absolute atomic E-state index is 0.0715. The van der Waals surface area contributed by atoms with Gasteiger partial charge in [0.1, 0.15) is 5.82 Å². The maximum atomic E-state index is 12.7. The molecule has 0 aliphatic heterocycles. The Hall–Kier alpha value is -3.15. The van der Waals surface area contributed by atoms with Gasteiger partial charge in [0, 0.05) is 43.7 Å². The van der Waals surface area contributed by atoms with Gasteiger partial charge >= 0.3 is 6.03 Å². The van der Waals surface area contributed by atoms with Crippen molar-refractivity contribution in [1.29, 1.82) is 0 Å². The van der Waals surface area contributed by atoms with E-state index in [2.05, 4.69) is 36.2 Å². The fourth-order valence-electron chi connectivity index (χ4n) is 2.89. The number of carbonyl (C=O) groups is 1. The molecule has 0 saturated heterocycles. The van der Waals surface area contributed by atoms with Crippen LogP contribution in [0.25, 0.3) is 0 Å². The van der Waals surface area contributed by atoms with E-state index in [4.69, 9.17) is 0 Å². The highest BCUT2D eigenvalue weighted by Gasteiger charge is 2.22. The smallest absolute Gasteiger partial charge is 0.308 e. The van der Waals surface area contributed by atoms with Crippen LogP contribution in [0.4, 0.5) is 16.3 Å². The molecule has 3 rings (SSSR count). The third-order valence-corrected chi connectivity index (χ3v) is 4.63. The lowest BCUT2D eigenvalue weighted by atomic mass is 9.92. The molecule has 28 heavy (non-hydrogen) atoms. The van der Waals surface area contributed by atoms with Crippen LogP contribution in [-0.2, 0) is 18.9 Å². The molecule has 0 radical (unpaired) electrons. The topological polar surface area (TPSA) is 63.1 Å². The van der Waals surface area contributed by atoms with Gasteiger partial charge in [0.05, 0.1) is 5.69 Å². The number of aryl methyl sites for hydroxylation is 1. The van der Waals surface area contributed by atoms with Gasteiger partial charge in [-0.1, -0.05) is 32.9 Å². The van der Waals surface area contributed by atoms with Crippen molar-refractivity contribution in [3.05, 3.63) is 71.7 Å². The average Bonchev–Trinajstić information content (AvgIpc) is 3.05. The molecule has 1 N–H and O–H groups in total. The van der Waals surface area contributed by atoms with Gasteiger partial charge < -0.3 is 5.32 Å². The lowest BCUT2D eigenvalue weighted by Gasteiger charge is -2.18. The minimum atomic E-state index is -0.203. The number of urea groups is 1. The Kier molecular flexibility index (Phi) is 5.49. The summed E-state index contributed by atoms with van der Waals surface area (Å²) in [6, 6.07) is 13.7. The Morgan fingerprint density at radius 2 is 1.68 bits per heavy atom. The summed E-state index contributed by atoms with van der Waals surface area (Å²) in [5, 5.41) is 7.48. The van der Waals surface area contributed by atoms with E-state index in [1.807, 2.05) is 49.5 Å². The van der Waals surface area contributed by atoms with Crippen molar-refractivity contribution in [3.8, 4) is 0 Å². The number of rotatable bonds is 4. The number of nitrogens with zero attached hydrogens (tertiary/aromatic N) is 4. The van der Waals surface area contributed by atoms with Crippen molar-refractivity contribution in [1.82, 2.24) is 14.8 Å². The van der Waals surface area contributed by atoms with Gasteiger partial charge in [-0.2, -0.15) is 5.10 Å². The Morgan fingerprint density at radius 3 is 2.25 bits per heavy atom. The van der Waals surface area contributed by atoms with E-state index >= 15 is 0 Å². The molecule has 6 nitrogen and oxygen atoms in total. The molecule has 0 unspecified atom stereocenters. The maximum absolute atomic E-state index is 12.7. The molecule has 6 heteroatoms. The van der Waals surface area contributed by atoms with Crippen LogP contribution < -0.4 is 10.2 Å². The molecular weight excluding hydrogens is 350 g/mol. The highest BCUT2D eigenvalue weighted by molar-refractivity contribution is 6.00. The predicted molar refractivity (Wildman–Crippen MR) is 113 cm³/mol. The molecule has 3 aromatic rings. The largest absolute Gasteiger partial charge is 0.327 e. The number of carbonyl (C=O) groups excluding carboxylic acids is 1. The summed E-state index contributed by atoms with van der Waals surface area (Å²) in [6.45, 7) is 6.31. The SMILES string of the molecule is CN(C(=O)Nc1ccc(Cc2ccncc2)cc1)c1cc(C(C)(C)C)nn1C. The summed E-state index contributed by atoms with van der Waals surface area (Å²) in [6.07, 6.45) is 4.42. The first-order valence-corrected chi connectivity index (χ1v) is 9.31. The first kappa shape index (κ1) is 19.6. The van der Waals surface area contributed by atoms with Gasteiger partial charge in [0.15, 0.2) is 0 Å². The molecule has 0 spiro atoms. The van der Waals surface area contributed by atoms with Crippen LogP contribution in [0.5, 0.6) is 0 Å². The Balaban J connectivity index is 1.66. The lowest BCUT2D eigenvalue weighted by molar-refractivity contribution is 0.257. The zero-order chi connectivity index (χ0) is 20.3. The molecule has 2 amide bonds. The normalized spacial score (nSPS) is 11.3. The first-order chi connectivity index (χ1) is 13.2. The summed E-state index contributed by atoms with van der Waals surface area (Å²) >= 11 is 0. The molecule has 146 valence electrons. The molecular formula is C22H27N5O. The van der Waals surface area contributed by atoms with Crippen molar-refractivity contribution in [2.45, 2.75) is 32.6 Å². The minimum Gasteiger partial charge on any atom is -0.308 e. The monoisotopic (exact) mass is 377 g/mol. The van der Waals surface area contributed by atoms with Crippen molar-refractivity contribution in [2.24, 2.45) is 7.05 Å². The van der Waals surface area contributed by atoms with E-state index in [0.29, 0.717) is 0 Å².